The van der Waals surface area contributed by atoms with Gasteiger partial charge in [-0.1, -0.05) is 18.2 Å². The van der Waals surface area contributed by atoms with Gasteiger partial charge in [-0.05, 0) is 56.5 Å². The number of fused-ring (bicyclic) bond motifs is 1. The lowest BCUT2D eigenvalue weighted by Gasteiger charge is -2.33. The second kappa shape index (κ2) is 6.41. The number of imide groups is 1. The van der Waals surface area contributed by atoms with E-state index in [4.69, 9.17) is 0 Å². The third-order valence-electron chi connectivity index (χ3n) is 5.21. The highest BCUT2D eigenvalue weighted by atomic mass is 16.2. The van der Waals surface area contributed by atoms with Crippen molar-refractivity contribution in [3.8, 4) is 0 Å². The molecule has 3 amide bonds. The lowest BCUT2D eigenvalue weighted by Crippen LogP contribution is -2.42. The van der Waals surface area contributed by atoms with Gasteiger partial charge in [0.1, 0.15) is 0 Å². The minimum Gasteiger partial charge on any atom is -0.336 e. The first kappa shape index (κ1) is 16.5. The second-order valence-electron chi connectivity index (χ2n) is 6.88. The normalized spacial score (nSPS) is 19.7. The summed E-state index contributed by atoms with van der Waals surface area (Å²) in [4.78, 5) is 41.2. The Bertz CT molecular complexity index is 871. The molecule has 5 nitrogen and oxygen atoms in total. The average Bonchev–Trinajstić information content (AvgIpc) is 2.93. The fourth-order valence-electron chi connectivity index (χ4n) is 3.77. The van der Waals surface area contributed by atoms with E-state index in [-0.39, 0.29) is 23.8 Å². The van der Waals surface area contributed by atoms with Crippen LogP contribution in [0.2, 0.25) is 0 Å². The average molecular weight is 348 g/mol. The number of nitrogens with zero attached hydrogens (tertiary/aromatic N) is 2. The number of anilines is 1. The number of hydrogen-bond acceptors (Lipinski definition) is 3. The zero-order valence-corrected chi connectivity index (χ0v) is 14.6. The largest absolute Gasteiger partial charge is 0.336 e. The number of hydrogen-bond donors (Lipinski definition) is 0. The van der Waals surface area contributed by atoms with Crippen molar-refractivity contribution in [2.24, 2.45) is 0 Å². The van der Waals surface area contributed by atoms with E-state index < -0.39 is 0 Å². The molecule has 0 aliphatic carbocycles. The van der Waals surface area contributed by atoms with Crippen molar-refractivity contribution in [1.29, 1.82) is 0 Å². The van der Waals surface area contributed by atoms with Gasteiger partial charge in [0, 0.05) is 18.2 Å². The van der Waals surface area contributed by atoms with Crippen LogP contribution in [-0.4, -0.2) is 35.2 Å². The van der Waals surface area contributed by atoms with E-state index in [9.17, 15) is 14.4 Å². The van der Waals surface area contributed by atoms with Crippen molar-refractivity contribution in [3.63, 3.8) is 0 Å². The lowest BCUT2D eigenvalue weighted by atomic mass is 10.0. The molecule has 2 aliphatic rings. The fourth-order valence-corrected chi connectivity index (χ4v) is 3.77. The van der Waals surface area contributed by atoms with Crippen LogP contribution in [0.15, 0.2) is 48.5 Å². The molecule has 0 saturated carbocycles. The first-order chi connectivity index (χ1) is 12.6. The van der Waals surface area contributed by atoms with Crippen LogP contribution in [0.1, 0.15) is 57.3 Å². The Kier molecular flexibility index (Phi) is 4.07. The number of benzene rings is 2. The number of piperidine rings is 1. The summed E-state index contributed by atoms with van der Waals surface area (Å²) in [6.07, 6.45) is 3.15. The SMILES string of the molecule is C[C@@H]1CCCCN1C(=O)c1cccc(N2C(=O)c3ccccc3C2=O)c1. The Labute approximate surface area is 152 Å². The molecular weight excluding hydrogens is 328 g/mol. The van der Waals surface area contributed by atoms with Gasteiger partial charge in [0.25, 0.3) is 17.7 Å². The molecule has 1 saturated heterocycles. The quantitative estimate of drug-likeness (QED) is 0.781. The Morgan fingerprint density at radius 3 is 2.31 bits per heavy atom. The Morgan fingerprint density at radius 1 is 0.962 bits per heavy atom. The minimum atomic E-state index is -0.346. The molecule has 26 heavy (non-hydrogen) atoms. The smallest absolute Gasteiger partial charge is 0.266 e. The zero-order valence-electron chi connectivity index (χ0n) is 14.6. The van der Waals surface area contributed by atoms with Crippen molar-refractivity contribution in [1.82, 2.24) is 4.90 Å². The van der Waals surface area contributed by atoms with Crippen molar-refractivity contribution < 1.29 is 14.4 Å². The number of rotatable bonds is 2. The van der Waals surface area contributed by atoms with E-state index in [0.717, 1.165) is 30.7 Å². The van der Waals surface area contributed by atoms with E-state index >= 15 is 0 Å². The Morgan fingerprint density at radius 2 is 1.65 bits per heavy atom. The van der Waals surface area contributed by atoms with Crippen LogP contribution < -0.4 is 4.90 Å². The first-order valence-electron chi connectivity index (χ1n) is 8.97. The van der Waals surface area contributed by atoms with Crippen LogP contribution in [0.3, 0.4) is 0 Å². The molecule has 0 unspecified atom stereocenters. The van der Waals surface area contributed by atoms with Crippen molar-refractivity contribution in [2.45, 2.75) is 32.2 Å². The van der Waals surface area contributed by atoms with Gasteiger partial charge in [-0.3, -0.25) is 14.4 Å². The highest BCUT2D eigenvalue weighted by Gasteiger charge is 2.36. The summed E-state index contributed by atoms with van der Waals surface area (Å²) in [6.45, 7) is 2.81. The molecule has 2 aromatic carbocycles. The topological polar surface area (TPSA) is 57.7 Å². The van der Waals surface area contributed by atoms with E-state index in [1.54, 1.807) is 48.5 Å². The predicted molar refractivity (Wildman–Crippen MR) is 98.4 cm³/mol. The van der Waals surface area contributed by atoms with Gasteiger partial charge in [0.15, 0.2) is 0 Å². The second-order valence-corrected chi connectivity index (χ2v) is 6.88. The molecule has 0 spiro atoms. The van der Waals surface area contributed by atoms with Crippen LogP contribution in [0.25, 0.3) is 0 Å². The van der Waals surface area contributed by atoms with E-state index in [0.29, 0.717) is 22.4 Å². The highest BCUT2D eigenvalue weighted by molar-refractivity contribution is 6.34. The van der Waals surface area contributed by atoms with Crippen molar-refractivity contribution >= 4 is 23.4 Å². The van der Waals surface area contributed by atoms with E-state index in [1.807, 2.05) is 4.90 Å². The summed E-state index contributed by atoms with van der Waals surface area (Å²) in [7, 11) is 0. The molecule has 1 fully saturated rings. The van der Waals surface area contributed by atoms with Crippen LogP contribution in [0, 0.1) is 0 Å². The lowest BCUT2D eigenvalue weighted by molar-refractivity contribution is 0.0635. The molecule has 1 atom stereocenters. The van der Waals surface area contributed by atoms with Crippen LogP contribution >= 0.6 is 0 Å². The Balaban J connectivity index is 1.66. The van der Waals surface area contributed by atoms with Crippen LogP contribution in [0.4, 0.5) is 5.69 Å². The van der Waals surface area contributed by atoms with Crippen LogP contribution in [-0.2, 0) is 0 Å². The fraction of sp³-hybridized carbons (Fsp3) is 0.286. The number of carbonyl (C=O) groups is 3. The molecule has 2 aromatic rings. The van der Waals surface area contributed by atoms with Crippen molar-refractivity contribution in [3.05, 3.63) is 65.2 Å². The maximum absolute atomic E-state index is 12.9. The van der Waals surface area contributed by atoms with E-state index in [2.05, 4.69) is 6.92 Å². The monoisotopic (exact) mass is 348 g/mol. The summed E-state index contributed by atoms with van der Waals surface area (Å²) < 4.78 is 0. The molecule has 4 rings (SSSR count). The molecule has 2 aliphatic heterocycles. The minimum absolute atomic E-state index is 0.0457. The molecular formula is C21H20N2O3. The third-order valence-corrected chi connectivity index (χ3v) is 5.21. The third kappa shape index (κ3) is 2.60. The van der Waals surface area contributed by atoms with Gasteiger partial charge in [0.05, 0.1) is 16.8 Å². The Hall–Kier alpha value is -2.95. The predicted octanol–water partition coefficient (Wildman–Crippen LogP) is 3.50. The zero-order chi connectivity index (χ0) is 18.3. The standard InChI is InChI=1S/C21H20N2O3/c1-14-7-4-5-12-22(14)19(24)15-8-6-9-16(13-15)23-20(25)17-10-2-3-11-18(17)21(23)26/h2-3,6,8-11,13-14H,4-5,7,12H2,1H3/t14-/m1/s1. The van der Waals surface area contributed by atoms with Gasteiger partial charge in [-0.25, -0.2) is 4.90 Å². The van der Waals surface area contributed by atoms with Gasteiger partial charge in [0.2, 0.25) is 0 Å². The van der Waals surface area contributed by atoms with Gasteiger partial charge in [-0.2, -0.15) is 0 Å². The highest BCUT2D eigenvalue weighted by Crippen LogP contribution is 2.29. The maximum atomic E-state index is 12.9. The maximum Gasteiger partial charge on any atom is 0.266 e. The summed E-state index contributed by atoms with van der Waals surface area (Å²) in [5.41, 5.74) is 1.75. The molecule has 2 heterocycles. The summed E-state index contributed by atoms with van der Waals surface area (Å²) in [6, 6.07) is 13.8. The number of carbonyl (C=O) groups excluding carboxylic acids is 3. The molecule has 0 bridgehead atoms. The number of likely N-dealkylation sites (tertiary alicyclic amines) is 1. The molecule has 5 heteroatoms. The molecule has 0 N–H and O–H groups in total. The molecule has 0 aromatic heterocycles. The van der Waals surface area contributed by atoms with Crippen molar-refractivity contribution in [2.75, 3.05) is 11.4 Å². The van der Waals surface area contributed by atoms with Crippen LogP contribution in [0.5, 0.6) is 0 Å². The van der Waals surface area contributed by atoms with E-state index in [1.165, 1.54) is 0 Å². The number of amides is 3. The van der Waals surface area contributed by atoms with Gasteiger partial charge < -0.3 is 4.90 Å². The van der Waals surface area contributed by atoms with Gasteiger partial charge in [-0.15, -0.1) is 0 Å². The molecule has 0 radical (unpaired) electrons. The summed E-state index contributed by atoms with van der Waals surface area (Å²) in [5.74, 6) is -0.737. The summed E-state index contributed by atoms with van der Waals surface area (Å²) in [5, 5.41) is 0. The van der Waals surface area contributed by atoms with Gasteiger partial charge >= 0.3 is 0 Å². The summed E-state index contributed by atoms with van der Waals surface area (Å²) >= 11 is 0. The first-order valence-corrected chi connectivity index (χ1v) is 8.97. The molecule has 132 valence electrons.